The second-order valence-corrected chi connectivity index (χ2v) is 6.35. The maximum absolute atomic E-state index is 12.6. The molecular formula is C20H21NO4. The van der Waals surface area contributed by atoms with Crippen LogP contribution < -0.4 is 9.64 Å². The van der Waals surface area contributed by atoms with Crippen molar-refractivity contribution in [2.45, 2.75) is 19.3 Å². The lowest BCUT2D eigenvalue weighted by molar-refractivity contribution is -0.141. The monoisotopic (exact) mass is 339 g/mol. The van der Waals surface area contributed by atoms with Crippen LogP contribution in [-0.4, -0.2) is 24.0 Å². The summed E-state index contributed by atoms with van der Waals surface area (Å²) < 4.78 is 5.75. The summed E-state index contributed by atoms with van der Waals surface area (Å²) in [5, 5.41) is 9.08. The number of para-hydroxylation sites is 1. The number of benzene rings is 2. The highest BCUT2D eigenvalue weighted by Crippen LogP contribution is 2.33. The van der Waals surface area contributed by atoms with Gasteiger partial charge in [0, 0.05) is 18.7 Å². The first-order chi connectivity index (χ1) is 12.0. The molecule has 2 aromatic carbocycles. The topological polar surface area (TPSA) is 66.8 Å². The second-order valence-electron chi connectivity index (χ2n) is 6.35. The van der Waals surface area contributed by atoms with Crippen LogP contribution in [0.15, 0.2) is 54.6 Å². The molecule has 2 atom stereocenters. The van der Waals surface area contributed by atoms with Crippen LogP contribution in [0.1, 0.15) is 19.3 Å². The van der Waals surface area contributed by atoms with E-state index in [0.717, 1.165) is 11.4 Å². The average Bonchev–Trinajstić information content (AvgIpc) is 3.12. The summed E-state index contributed by atoms with van der Waals surface area (Å²) in [5.74, 6) is 0.00384. The number of carboxylic acids is 1. The molecule has 0 radical (unpaired) electrons. The minimum absolute atomic E-state index is 0.0273. The third-order valence-electron chi connectivity index (χ3n) is 4.66. The van der Waals surface area contributed by atoms with E-state index in [1.807, 2.05) is 54.6 Å². The number of hydrogen-bond donors (Lipinski definition) is 1. The Morgan fingerprint density at radius 3 is 2.16 bits per heavy atom. The molecule has 25 heavy (non-hydrogen) atoms. The van der Waals surface area contributed by atoms with Gasteiger partial charge in [0.25, 0.3) is 0 Å². The Morgan fingerprint density at radius 2 is 1.56 bits per heavy atom. The smallest absolute Gasteiger partial charge is 0.306 e. The van der Waals surface area contributed by atoms with Gasteiger partial charge in [0.15, 0.2) is 0 Å². The number of rotatable bonds is 5. The van der Waals surface area contributed by atoms with E-state index in [0.29, 0.717) is 25.0 Å². The number of aliphatic carboxylic acids is 1. The normalized spacial score (nSPS) is 19.4. The standard InChI is InChI=1S/C20H21NO4/c1-21(19(22)14-7-8-15(13-14)20(23)24)16-9-11-18(12-10-16)25-17-5-3-2-4-6-17/h2-6,9-12,14-15H,7-8,13H2,1H3,(H,23,24)/t14-,15+/m1/s1. The molecule has 2 aromatic rings. The maximum Gasteiger partial charge on any atom is 0.306 e. The summed E-state index contributed by atoms with van der Waals surface area (Å²) in [6.45, 7) is 0. The number of ether oxygens (including phenoxy) is 1. The Balaban J connectivity index is 1.63. The summed E-state index contributed by atoms with van der Waals surface area (Å²) in [4.78, 5) is 25.2. The predicted octanol–water partition coefficient (Wildman–Crippen LogP) is 3.94. The molecule has 1 N–H and O–H groups in total. The summed E-state index contributed by atoms with van der Waals surface area (Å²) in [5.41, 5.74) is 0.768. The zero-order valence-electron chi connectivity index (χ0n) is 14.1. The van der Waals surface area contributed by atoms with Gasteiger partial charge in [-0.25, -0.2) is 0 Å². The number of carbonyl (C=O) groups is 2. The molecule has 5 heteroatoms. The lowest BCUT2D eigenvalue weighted by Gasteiger charge is -2.21. The van der Waals surface area contributed by atoms with Gasteiger partial charge in [-0.2, -0.15) is 0 Å². The molecule has 1 amide bonds. The van der Waals surface area contributed by atoms with E-state index >= 15 is 0 Å². The van der Waals surface area contributed by atoms with Gasteiger partial charge in [0.2, 0.25) is 5.91 Å². The van der Waals surface area contributed by atoms with Crippen molar-refractivity contribution in [3.05, 3.63) is 54.6 Å². The number of nitrogens with zero attached hydrogens (tertiary/aromatic N) is 1. The Bertz CT molecular complexity index is 742. The van der Waals surface area contributed by atoms with Crippen LogP contribution >= 0.6 is 0 Å². The fraction of sp³-hybridized carbons (Fsp3) is 0.300. The van der Waals surface area contributed by atoms with Crippen LogP contribution in [0, 0.1) is 11.8 Å². The van der Waals surface area contributed by atoms with Crippen LogP contribution in [0.3, 0.4) is 0 Å². The van der Waals surface area contributed by atoms with E-state index in [2.05, 4.69) is 0 Å². The van der Waals surface area contributed by atoms with Gasteiger partial charge in [-0.15, -0.1) is 0 Å². The van der Waals surface area contributed by atoms with Gasteiger partial charge in [0.1, 0.15) is 11.5 Å². The van der Waals surface area contributed by atoms with Gasteiger partial charge in [-0.3, -0.25) is 9.59 Å². The van der Waals surface area contributed by atoms with E-state index in [-0.39, 0.29) is 11.8 Å². The highest BCUT2D eigenvalue weighted by molar-refractivity contribution is 5.95. The molecule has 0 bridgehead atoms. The molecule has 0 saturated heterocycles. The van der Waals surface area contributed by atoms with Crippen molar-refractivity contribution < 1.29 is 19.4 Å². The fourth-order valence-corrected chi connectivity index (χ4v) is 3.19. The first-order valence-corrected chi connectivity index (χ1v) is 8.38. The molecule has 1 saturated carbocycles. The molecule has 0 spiro atoms. The summed E-state index contributed by atoms with van der Waals surface area (Å²) in [6.07, 6.45) is 1.63. The summed E-state index contributed by atoms with van der Waals surface area (Å²) >= 11 is 0. The van der Waals surface area contributed by atoms with Gasteiger partial charge < -0.3 is 14.7 Å². The van der Waals surface area contributed by atoms with Gasteiger partial charge >= 0.3 is 5.97 Å². The van der Waals surface area contributed by atoms with Crippen LogP contribution in [0.2, 0.25) is 0 Å². The fourth-order valence-electron chi connectivity index (χ4n) is 3.19. The quantitative estimate of drug-likeness (QED) is 0.896. The Morgan fingerprint density at radius 1 is 0.960 bits per heavy atom. The van der Waals surface area contributed by atoms with Crippen molar-refractivity contribution in [1.82, 2.24) is 0 Å². The Labute approximate surface area is 146 Å². The van der Waals surface area contributed by atoms with Crippen LogP contribution in [0.5, 0.6) is 11.5 Å². The SMILES string of the molecule is CN(C(=O)[C@@H]1CC[C@H](C(=O)O)C1)c1ccc(Oc2ccccc2)cc1. The summed E-state index contributed by atoms with van der Waals surface area (Å²) in [6, 6.07) is 16.8. The third kappa shape index (κ3) is 3.99. The first kappa shape index (κ1) is 17.0. The molecule has 0 aliphatic heterocycles. The molecule has 1 aliphatic carbocycles. The number of amides is 1. The highest BCUT2D eigenvalue weighted by Gasteiger charge is 2.35. The lowest BCUT2D eigenvalue weighted by Crippen LogP contribution is -2.32. The van der Waals surface area contributed by atoms with E-state index in [1.165, 1.54) is 0 Å². The van der Waals surface area contributed by atoms with Gasteiger partial charge in [0.05, 0.1) is 5.92 Å². The van der Waals surface area contributed by atoms with Gasteiger partial charge in [-0.05, 0) is 55.7 Å². The molecule has 0 unspecified atom stereocenters. The zero-order chi connectivity index (χ0) is 17.8. The van der Waals surface area contributed by atoms with Crippen molar-refractivity contribution >= 4 is 17.6 Å². The lowest BCUT2D eigenvalue weighted by atomic mass is 10.0. The third-order valence-corrected chi connectivity index (χ3v) is 4.66. The largest absolute Gasteiger partial charge is 0.481 e. The van der Waals surface area contributed by atoms with E-state index in [1.54, 1.807) is 11.9 Å². The molecule has 0 aromatic heterocycles. The molecule has 3 rings (SSSR count). The van der Waals surface area contributed by atoms with Crippen molar-refractivity contribution in [1.29, 1.82) is 0 Å². The highest BCUT2D eigenvalue weighted by atomic mass is 16.5. The van der Waals surface area contributed by atoms with Crippen molar-refractivity contribution in [3.8, 4) is 11.5 Å². The van der Waals surface area contributed by atoms with Crippen molar-refractivity contribution in [2.75, 3.05) is 11.9 Å². The molecule has 0 heterocycles. The molecule has 130 valence electrons. The van der Waals surface area contributed by atoms with Crippen LogP contribution in [0.4, 0.5) is 5.69 Å². The first-order valence-electron chi connectivity index (χ1n) is 8.38. The minimum atomic E-state index is -0.805. The minimum Gasteiger partial charge on any atom is -0.481 e. The second kappa shape index (κ2) is 7.38. The van der Waals surface area contributed by atoms with Crippen molar-refractivity contribution in [3.63, 3.8) is 0 Å². The number of carboxylic acid groups (broad SMARTS) is 1. The average molecular weight is 339 g/mol. The van der Waals surface area contributed by atoms with E-state index in [4.69, 9.17) is 9.84 Å². The maximum atomic E-state index is 12.6. The summed E-state index contributed by atoms with van der Waals surface area (Å²) in [7, 11) is 1.73. The van der Waals surface area contributed by atoms with Gasteiger partial charge in [-0.1, -0.05) is 18.2 Å². The molecular weight excluding hydrogens is 318 g/mol. The van der Waals surface area contributed by atoms with Crippen molar-refractivity contribution in [2.24, 2.45) is 11.8 Å². The van der Waals surface area contributed by atoms with E-state index in [9.17, 15) is 9.59 Å². The number of hydrogen-bond acceptors (Lipinski definition) is 3. The van der Waals surface area contributed by atoms with Crippen LogP contribution in [0.25, 0.3) is 0 Å². The molecule has 1 fully saturated rings. The zero-order valence-corrected chi connectivity index (χ0v) is 14.1. The number of carbonyl (C=O) groups excluding carboxylic acids is 1. The molecule has 5 nitrogen and oxygen atoms in total. The van der Waals surface area contributed by atoms with Crippen LogP contribution in [-0.2, 0) is 9.59 Å². The predicted molar refractivity (Wildman–Crippen MR) is 94.8 cm³/mol. The molecule has 1 aliphatic rings. The Kier molecular flexibility index (Phi) is 5.03. The van der Waals surface area contributed by atoms with E-state index < -0.39 is 11.9 Å². The Hall–Kier alpha value is -2.82. The number of anilines is 1.